The maximum atomic E-state index is 11.4. The Bertz CT molecular complexity index is 273. The fourth-order valence-electron chi connectivity index (χ4n) is 0.773. The van der Waals surface area contributed by atoms with Crippen LogP contribution in [0, 0.1) is 11.3 Å². The SMILES string of the molecule is C=CC(=O)OC(OC(=O)C(C)C)C(C)(C)C. The van der Waals surface area contributed by atoms with Gasteiger partial charge in [-0.2, -0.15) is 0 Å². The first kappa shape index (κ1) is 14.7. The molecule has 0 saturated heterocycles. The molecule has 0 rings (SSSR count). The van der Waals surface area contributed by atoms with Gasteiger partial charge in [-0.1, -0.05) is 41.2 Å². The van der Waals surface area contributed by atoms with E-state index in [1.165, 1.54) is 0 Å². The van der Waals surface area contributed by atoms with E-state index in [1.54, 1.807) is 13.8 Å². The van der Waals surface area contributed by atoms with E-state index in [-0.39, 0.29) is 5.92 Å². The minimum Gasteiger partial charge on any atom is -0.424 e. The van der Waals surface area contributed by atoms with Crippen molar-refractivity contribution < 1.29 is 19.1 Å². The van der Waals surface area contributed by atoms with Crippen molar-refractivity contribution in [2.24, 2.45) is 11.3 Å². The van der Waals surface area contributed by atoms with Crippen molar-refractivity contribution >= 4 is 11.9 Å². The van der Waals surface area contributed by atoms with Gasteiger partial charge in [-0.05, 0) is 0 Å². The highest BCUT2D eigenvalue weighted by Gasteiger charge is 2.32. The summed E-state index contributed by atoms with van der Waals surface area (Å²) in [6.45, 7) is 12.2. The Morgan fingerprint density at radius 3 is 2.00 bits per heavy atom. The highest BCUT2D eigenvalue weighted by Crippen LogP contribution is 2.24. The van der Waals surface area contributed by atoms with Crippen molar-refractivity contribution in [1.29, 1.82) is 0 Å². The second-order valence-corrected chi connectivity index (χ2v) is 4.93. The first-order chi connectivity index (χ1) is 7.18. The Morgan fingerprint density at radius 2 is 1.69 bits per heavy atom. The van der Waals surface area contributed by atoms with Crippen molar-refractivity contribution in [3.8, 4) is 0 Å². The van der Waals surface area contributed by atoms with Crippen LogP contribution in [0.4, 0.5) is 0 Å². The lowest BCUT2D eigenvalue weighted by atomic mass is 9.96. The van der Waals surface area contributed by atoms with Crippen molar-refractivity contribution in [2.75, 3.05) is 0 Å². The second-order valence-electron chi connectivity index (χ2n) is 4.93. The van der Waals surface area contributed by atoms with Crippen LogP contribution in [0.2, 0.25) is 0 Å². The summed E-state index contributed by atoms with van der Waals surface area (Å²) >= 11 is 0. The molecule has 4 nitrogen and oxygen atoms in total. The standard InChI is InChI=1S/C12H20O4/c1-7-9(13)15-11(12(4,5)6)16-10(14)8(2)3/h7-8,11H,1H2,2-6H3. The largest absolute Gasteiger partial charge is 0.424 e. The molecule has 0 fully saturated rings. The minimum atomic E-state index is -0.895. The Balaban J connectivity index is 4.63. The van der Waals surface area contributed by atoms with E-state index >= 15 is 0 Å². The molecule has 0 bridgehead atoms. The summed E-state index contributed by atoms with van der Waals surface area (Å²) in [5, 5.41) is 0. The van der Waals surface area contributed by atoms with Crippen LogP contribution in [0.25, 0.3) is 0 Å². The maximum absolute atomic E-state index is 11.4. The van der Waals surface area contributed by atoms with Gasteiger partial charge in [0.25, 0.3) is 6.29 Å². The molecule has 1 unspecified atom stereocenters. The van der Waals surface area contributed by atoms with Gasteiger partial charge in [0.05, 0.1) is 5.92 Å². The quantitative estimate of drug-likeness (QED) is 0.421. The van der Waals surface area contributed by atoms with Crippen LogP contribution in [-0.2, 0) is 19.1 Å². The van der Waals surface area contributed by atoms with Crippen LogP contribution in [0.15, 0.2) is 12.7 Å². The summed E-state index contributed by atoms with van der Waals surface area (Å²) in [4.78, 5) is 22.5. The van der Waals surface area contributed by atoms with Crippen LogP contribution in [-0.4, -0.2) is 18.2 Å². The number of hydrogen-bond donors (Lipinski definition) is 0. The Labute approximate surface area is 96.6 Å². The van der Waals surface area contributed by atoms with Gasteiger partial charge in [0.1, 0.15) is 0 Å². The van der Waals surface area contributed by atoms with E-state index in [1.807, 2.05) is 20.8 Å². The number of ether oxygens (including phenoxy) is 2. The molecular weight excluding hydrogens is 208 g/mol. The third-order valence-corrected chi connectivity index (χ3v) is 1.79. The average molecular weight is 228 g/mol. The topological polar surface area (TPSA) is 52.6 Å². The zero-order valence-corrected chi connectivity index (χ0v) is 10.6. The van der Waals surface area contributed by atoms with Crippen molar-refractivity contribution in [3.05, 3.63) is 12.7 Å². The fourth-order valence-corrected chi connectivity index (χ4v) is 0.773. The molecule has 0 N–H and O–H groups in total. The maximum Gasteiger partial charge on any atom is 0.333 e. The number of hydrogen-bond acceptors (Lipinski definition) is 4. The summed E-state index contributed by atoms with van der Waals surface area (Å²) in [5.41, 5.74) is -0.469. The van der Waals surface area contributed by atoms with E-state index in [0.29, 0.717) is 0 Å². The van der Waals surface area contributed by atoms with Crippen molar-refractivity contribution in [3.63, 3.8) is 0 Å². The Kier molecular flexibility index (Phi) is 5.21. The molecule has 0 heterocycles. The molecular formula is C12H20O4. The molecule has 0 aliphatic heterocycles. The lowest BCUT2D eigenvalue weighted by Crippen LogP contribution is -2.36. The molecule has 0 spiro atoms. The van der Waals surface area contributed by atoms with Crippen LogP contribution in [0.5, 0.6) is 0 Å². The van der Waals surface area contributed by atoms with E-state index in [4.69, 9.17) is 9.47 Å². The zero-order valence-electron chi connectivity index (χ0n) is 10.6. The first-order valence-electron chi connectivity index (χ1n) is 5.22. The van der Waals surface area contributed by atoms with E-state index in [0.717, 1.165) is 6.08 Å². The molecule has 16 heavy (non-hydrogen) atoms. The summed E-state index contributed by atoms with van der Waals surface area (Å²) in [5.74, 6) is -1.25. The van der Waals surface area contributed by atoms with Crippen LogP contribution >= 0.6 is 0 Å². The molecule has 0 amide bonds. The highest BCUT2D eigenvalue weighted by molar-refractivity contribution is 5.81. The van der Waals surface area contributed by atoms with Gasteiger partial charge in [0.15, 0.2) is 0 Å². The van der Waals surface area contributed by atoms with E-state index in [9.17, 15) is 9.59 Å². The Hall–Kier alpha value is -1.32. The molecule has 92 valence electrons. The lowest BCUT2D eigenvalue weighted by molar-refractivity contribution is -0.206. The van der Waals surface area contributed by atoms with Gasteiger partial charge in [0, 0.05) is 11.5 Å². The molecule has 1 atom stereocenters. The summed E-state index contributed by atoms with van der Waals surface area (Å²) < 4.78 is 10.1. The summed E-state index contributed by atoms with van der Waals surface area (Å²) in [7, 11) is 0. The van der Waals surface area contributed by atoms with Gasteiger partial charge >= 0.3 is 11.9 Å². The second kappa shape index (κ2) is 5.68. The molecule has 0 aromatic carbocycles. The predicted octanol–water partition coefficient (Wildman–Crippen LogP) is 2.29. The molecule has 4 heteroatoms. The molecule has 0 aliphatic carbocycles. The van der Waals surface area contributed by atoms with Crippen molar-refractivity contribution in [1.82, 2.24) is 0 Å². The summed E-state index contributed by atoms with van der Waals surface area (Å²) in [6, 6.07) is 0. The third kappa shape index (κ3) is 4.96. The number of carbonyl (C=O) groups excluding carboxylic acids is 2. The number of esters is 2. The van der Waals surface area contributed by atoms with Gasteiger partial charge in [-0.25, -0.2) is 4.79 Å². The molecule has 0 saturated carbocycles. The predicted molar refractivity (Wildman–Crippen MR) is 60.5 cm³/mol. The summed E-state index contributed by atoms with van der Waals surface area (Å²) in [6.07, 6.45) is 0.148. The minimum absolute atomic E-state index is 0.257. The normalized spacial score (nSPS) is 13.1. The van der Waals surface area contributed by atoms with Crippen LogP contribution in [0.3, 0.4) is 0 Å². The van der Waals surface area contributed by atoms with E-state index in [2.05, 4.69) is 6.58 Å². The molecule has 0 aromatic rings. The highest BCUT2D eigenvalue weighted by atomic mass is 16.7. The monoisotopic (exact) mass is 228 g/mol. The van der Waals surface area contributed by atoms with Gasteiger partial charge in [-0.3, -0.25) is 4.79 Å². The number of rotatable bonds is 4. The molecule has 0 aliphatic rings. The zero-order chi connectivity index (χ0) is 12.9. The number of carbonyl (C=O) groups is 2. The van der Waals surface area contributed by atoms with Gasteiger partial charge < -0.3 is 9.47 Å². The Morgan fingerprint density at radius 1 is 1.19 bits per heavy atom. The molecule has 0 aromatic heterocycles. The van der Waals surface area contributed by atoms with E-state index < -0.39 is 23.6 Å². The fraction of sp³-hybridized carbons (Fsp3) is 0.667. The van der Waals surface area contributed by atoms with Gasteiger partial charge in [0.2, 0.25) is 0 Å². The average Bonchev–Trinajstić information content (AvgIpc) is 2.14. The third-order valence-electron chi connectivity index (χ3n) is 1.79. The smallest absolute Gasteiger partial charge is 0.333 e. The molecule has 0 radical (unpaired) electrons. The lowest BCUT2D eigenvalue weighted by Gasteiger charge is -2.29. The van der Waals surface area contributed by atoms with Gasteiger partial charge in [-0.15, -0.1) is 0 Å². The van der Waals surface area contributed by atoms with Crippen molar-refractivity contribution in [2.45, 2.75) is 40.9 Å². The first-order valence-corrected chi connectivity index (χ1v) is 5.22. The van der Waals surface area contributed by atoms with Crippen LogP contribution in [0.1, 0.15) is 34.6 Å². The van der Waals surface area contributed by atoms with Crippen LogP contribution < -0.4 is 0 Å².